The molecule has 1 atom stereocenters. The first kappa shape index (κ1) is 6.53. The third kappa shape index (κ3) is 1.20. The summed E-state index contributed by atoms with van der Waals surface area (Å²) >= 11 is 0. The van der Waals surface area contributed by atoms with Crippen LogP contribution >= 0.6 is 0 Å². The number of fused-ring (bicyclic) bond motifs is 1. The third-order valence-corrected chi connectivity index (χ3v) is 2.36. The second kappa shape index (κ2) is 2.81. The van der Waals surface area contributed by atoms with Crippen LogP contribution in [0.25, 0.3) is 0 Å². The predicted octanol–water partition coefficient (Wildman–Crippen LogP) is 2.78. The van der Waals surface area contributed by atoms with Gasteiger partial charge in [-0.15, -0.1) is 0 Å². The summed E-state index contributed by atoms with van der Waals surface area (Å²) in [6, 6.07) is 6.41. The molecule has 1 heterocycles. The van der Waals surface area contributed by atoms with E-state index in [0.717, 1.165) is 17.8 Å². The number of anilines is 1. The van der Waals surface area contributed by atoms with Crippen molar-refractivity contribution in [2.24, 2.45) is 0 Å². The number of hydrogen-bond acceptors (Lipinski definition) is 1. The highest BCUT2D eigenvalue weighted by atomic mass is 14.9. The first-order valence-corrected chi connectivity index (χ1v) is 4.48. The molecule has 0 bridgehead atoms. The van der Waals surface area contributed by atoms with Gasteiger partial charge in [0.25, 0.3) is 0 Å². The maximum absolute atomic E-state index is 7.79. The van der Waals surface area contributed by atoms with Crippen molar-refractivity contribution in [3.63, 3.8) is 0 Å². The molecule has 0 fully saturated rings. The fourth-order valence-electron chi connectivity index (χ4n) is 1.54. The van der Waals surface area contributed by atoms with Crippen LogP contribution in [0.3, 0.4) is 0 Å². The Labute approximate surface area is 75.2 Å². The normalized spacial score (nSPS) is 21.9. The Morgan fingerprint density at radius 3 is 3.08 bits per heavy atom. The Balaban J connectivity index is 2.42. The van der Waals surface area contributed by atoms with Gasteiger partial charge in [0, 0.05) is 13.6 Å². The number of benzene rings is 1. The average molecular weight is 163 g/mol. The molecule has 1 aromatic rings. The summed E-state index contributed by atoms with van der Waals surface area (Å²) in [6.45, 7) is 5.13. The molecule has 0 saturated heterocycles. The zero-order chi connectivity index (χ0) is 9.42. The Bertz CT molecular complexity index is 320. The minimum absolute atomic E-state index is 0.0753. The predicted molar refractivity (Wildman–Crippen MR) is 52.7 cm³/mol. The van der Waals surface area contributed by atoms with Crippen molar-refractivity contribution >= 4 is 5.69 Å². The molecule has 12 heavy (non-hydrogen) atoms. The molecule has 1 nitrogen and oxygen atoms in total. The van der Waals surface area contributed by atoms with Gasteiger partial charge in [0.15, 0.2) is 0 Å². The minimum Gasteiger partial charge on any atom is -0.384 e. The molecular formula is C11H15N. The van der Waals surface area contributed by atoms with Gasteiger partial charge in [0.05, 0.1) is 0 Å². The molecule has 2 rings (SSSR count). The molecule has 0 radical (unpaired) electrons. The third-order valence-electron chi connectivity index (χ3n) is 2.36. The van der Waals surface area contributed by atoms with Crippen molar-refractivity contribution in [1.29, 1.82) is 0 Å². The van der Waals surface area contributed by atoms with Crippen LogP contribution in [0.15, 0.2) is 18.2 Å². The first-order chi connectivity index (χ1) is 6.18. The van der Waals surface area contributed by atoms with E-state index >= 15 is 0 Å². The second-order valence-electron chi connectivity index (χ2n) is 3.59. The monoisotopic (exact) mass is 163 g/mol. The van der Waals surface area contributed by atoms with E-state index in [1.54, 1.807) is 0 Å². The highest BCUT2D eigenvalue weighted by Crippen LogP contribution is 2.25. The second-order valence-corrected chi connectivity index (χ2v) is 3.59. The van der Waals surface area contributed by atoms with E-state index in [-0.39, 0.29) is 6.40 Å². The van der Waals surface area contributed by atoms with Crippen molar-refractivity contribution in [1.82, 2.24) is 0 Å². The van der Waals surface area contributed by atoms with Crippen molar-refractivity contribution < 1.29 is 1.37 Å². The summed E-state index contributed by atoms with van der Waals surface area (Å²) in [6.07, 6.45) is -0.0753. The zero-order valence-electron chi connectivity index (χ0n) is 8.59. The smallest absolute Gasteiger partial charge is 0.0373 e. The first-order valence-electron chi connectivity index (χ1n) is 5.06. The van der Waals surface area contributed by atoms with Crippen LogP contribution in [0.1, 0.15) is 32.3 Å². The molecule has 1 unspecified atom stereocenters. The van der Waals surface area contributed by atoms with E-state index in [4.69, 9.17) is 1.37 Å². The van der Waals surface area contributed by atoms with Gasteiger partial charge >= 0.3 is 0 Å². The molecule has 0 spiro atoms. The molecule has 0 aromatic heterocycles. The molecule has 1 aliphatic rings. The molecule has 1 heteroatoms. The van der Waals surface area contributed by atoms with Gasteiger partial charge in [-0.25, -0.2) is 0 Å². The zero-order valence-corrected chi connectivity index (χ0v) is 7.59. The van der Waals surface area contributed by atoms with Crippen LogP contribution in [0.5, 0.6) is 0 Å². The summed E-state index contributed by atoms with van der Waals surface area (Å²) in [5.41, 5.74) is 3.63. The summed E-state index contributed by atoms with van der Waals surface area (Å²) in [4.78, 5) is 0. The molecular weight excluding hydrogens is 146 g/mol. The van der Waals surface area contributed by atoms with E-state index in [1.807, 2.05) is 0 Å². The van der Waals surface area contributed by atoms with Gasteiger partial charge in [0.1, 0.15) is 0 Å². The van der Waals surface area contributed by atoms with Crippen LogP contribution in [0.2, 0.25) is 0 Å². The van der Waals surface area contributed by atoms with E-state index in [2.05, 4.69) is 37.4 Å². The fourth-order valence-corrected chi connectivity index (χ4v) is 1.54. The van der Waals surface area contributed by atoms with Gasteiger partial charge in [-0.2, -0.15) is 0 Å². The molecule has 0 amide bonds. The lowest BCUT2D eigenvalue weighted by molar-refractivity contribution is 0.864. The molecule has 1 N–H and O–H groups in total. The van der Waals surface area contributed by atoms with E-state index in [9.17, 15) is 0 Å². The quantitative estimate of drug-likeness (QED) is 0.671. The van der Waals surface area contributed by atoms with E-state index < -0.39 is 0 Å². The minimum atomic E-state index is -0.0753. The van der Waals surface area contributed by atoms with Crippen LogP contribution < -0.4 is 5.32 Å². The highest BCUT2D eigenvalue weighted by Gasteiger charge is 2.10. The van der Waals surface area contributed by atoms with E-state index in [0.29, 0.717) is 5.92 Å². The van der Waals surface area contributed by atoms with Crippen molar-refractivity contribution in [2.45, 2.75) is 26.2 Å². The van der Waals surface area contributed by atoms with Gasteiger partial charge in [-0.1, -0.05) is 26.0 Å². The van der Waals surface area contributed by atoms with Gasteiger partial charge in [-0.05, 0) is 29.5 Å². The summed E-state index contributed by atoms with van der Waals surface area (Å²) in [7, 11) is 0. The van der Waals surface area contributed by atoms with Crippen LogP contribution in [-0.4, -0.2) is 6.54 Å². The lowest BCUT2D eigenvalue weighted by Gasteiger charge is -2.07. The summed E-state index contributed by atoms with van der Waals surface area (Å²) in [5.74, 6) is 0.554. The van der Waals surface area contributed by atoms with Crippen molar-refractivity contribution in [2.75, 3.05) is 11.9 Å². The Morgan fingerprint density at radius 2 is 2.33 bits per heavy atom. The topological polar surface area (TPSA) is 12.0 Å². The van der Waals surface area contributed by atoms with Gasteiger partial charge in [-0.3, -0.25) is 0 Å². The molecule has 0 aliphatic carbocycles. The summed E-state index contributed by atoms with van der Waals surface area (Å²) in [5, 5.41) is 3.23. The van der Waals surface area contributed by atoms with Crippen LogP contribution in [0.4, 0.5) is 5.69 Å². The Kier molecular flexibility index (Phi) is 1.53. The largest absolute Gasteiger partial charge is 0.384 e. The van der Waals surface area contributed by atoms with Gasteiger partial charge in [0.2, 0.25) is 0 Å². The molecule has 1 aromatic carbocycles. The lowest BCUT2D eigenvalue weighted by atomic mass is 10.00. The van der Waals surface area contributed by atoms with Gasteiger partial charge < -0.3 is 5.32 Å². The Morgan fingerprint density at radius 1 is 1.50 bits per heavy atom. The molecule has 0 saturated carbocycles. The van der Waals surface area contributed by atoms with E-state index in [1.165, 1.54) is 5.56 Å². The van der Waals surface area contributed by atoms with Crippen molar-refractivity contribution in [3.8, 4) is 0 Å². The van der Waals surface area contributed by atoms with Crippen molar-refractivity contribution in [3.05, 3.63) is 29.3 Å². The highest BCUT2D eigenvalue weighted by molar-refractivity contribution is 5.56. The maximum atomic E-state index is 7.79. The average Bonchev–Trinajstić information content (AvgIpc) is 2.47. The fraction of sp³-hybridized carbons (Fsp3) is 0.455. The van der Waals surface area contributed by atoms with Crippen LogP contribution in [0, 0.1) is 0 Å². The maximum Gasteiger partial charge on any atom is 0.0373 e. The molecule has 1 aliphatic heterocycles. The number of rotatable bonds is 1. The SMILES string of the molecule is [3H]C1CNc2ccc(C(C)C)cc21. The lowest BCUT2D eigenvalue weighted by Crippen LogP contribution is -1.90. The number of nitrogens with one attached hydrogen (secondary N) is 1. The summed E-state index contributed by atoms with van der Waals surface area (Å²) < 4.78 is 7.79. The number of hydrogen-bond donors (Lipinski definition) is 1. The standard InChI is InChI=1S/C11H15N/c1-8(2)9-3-4-11-10(7-9)5-6-12-11/h3-4,7-8,12H,5-6H2,1-2H3/i5T. The Hall–Kier alpha value is -0.980. The molecule has 64 valence electrons. The van der Waals surface area contributed by atoms with Crippen LogP contribution in [-0.2, 0) is 6.40 Å².